The van der Waals surface area contributed by atoms with E-state index >= 15 is 0 Å². The van der Waals surface area contributed by atoms with E-state index in [2.05, 4.69) is 4.72 Å². The summed E-state index contributed by atoms with van der Waals surface area (Å²) in [5.41, 5.74) is 2.80. The van der Waals surface area contributed by atoms with E-state index in [1.165, 1.54) is 0 Å². The third-order valence-electron chi connectivity index (χ3n) is 3.32. The summed E-state index contributed by atoms with van der Waals surface area (Å²) in [7, 11) is 0.0178. The molecule has 2 aromatic rings. The second kappa shape index (κ2) is 6.18. The zero-order valence-corrected chi connectivity index (χ0v) is 14.6. The van der Waals surface area contributed by atoms with Crippen LogP contribution in [-0.2, 0) is 10.0 Å². The van der Waals surface area contributed by atoms with Gasteiger partial charge in [-0.1, -0.05) is 23.7 Å². The lowest BCUT2D eigenvalue weighted by molar-refractivity contribution is 0.600. The Morgan fingerprint density at radius 2 is 1.73 bits per heavy atom. The number of anilines is 2. The molecule has 0 heterocycles. The lowest BCUT2D eigenvalue weighted by Gasteiger charge is -2.19. The molecular formula is C16H19ClN2O2S. The Labute approximate surface area is 136 Å². The molecule has 0 atom stereocenters. The predicted molar refractivity (Wildman–Crippen MR) is 92.5 cm³/mol. The maximum absolute atomic E-state index is 12.7. The van der Waals surface area contributed by atoms with Crippen molar-refractivity contribution in [3.05, 3.63) is 52.5 Å². The quantitative estimate of drug-likeness (QED) is 0.921. The van der Waals surface area contributed by atoms with Gasteiger partial charge in [-0.15, -0.1) is 0 Å². The minimum Gasteiger partial charge on any atom is -0.376 e. The molecule has 4 nitrogen and oxygen atoms in total. The summed E-state index contributed by atoms with van der Waals surface area (Å²) >= 11 is 6.00. The van der Waals surface area contributed by atoms with E-state index in [9.17, 15) is 8.42 Å². The second-order valence-corrected chi connectivity index (χ2v) is 7.52. The third kappa shape index (κ3) is 3.54. The van der Waals surface area contributed by atoms with Gasteiger partial charge < -0.3 is 4.90 Å². The highest BCUT2D eigenvalue weighted by atomic mass is 35.5. The minimum absolute atomic E-state index is 0.275. The SMILES string of the molecule is Cc1ccc(C)c(S(=O)(=O)Nc2cc(Cl)ccc2N(C)C)c1. The number of hydrogen-bond donors (Lipinski definition) is 1. The molecular weight excluding hydrogens is 320 g/mol. The number of aryl methyl sites for hydroxylation is 2. The highest BCUT2D eigenvalue weighted by Gasteiger charge is 2.19. The Hall–Kier alpha value is -1.72. The number of nitrogens with zero attached hydrogens (tertiary/aromatic N) is 1. The van der Waals surface area contributed by atoms with Gasteiger partial charge in [-0.25, -0.2) is 8.42 Å². The van der Waals surface area contributed by atoms with Crippen molar-refractivity contribution >= 4 is 33.0 Å². The average molecular weight is 339 g/mol. The number of benzene rings is 2. The van der Waals surface area contributed by atoms with Gasteiger partial charge in [0.25, 0.3) is 10.0 Å². The van der Waals surface area contributed by atoms with Crippen molar-refractivity contribution in [2.24, 2.45) is 0 Å². The fourth-order valence-electron chi connectivity index (χ4n) is 2.18. The summed E-state index contributed by atoms with van der Waals surface area (Å²) in [5, 5.41) is 0.476. The summed E-state index contributed by atoms with van der Waals surface area (Å²) in [4.78, 5) is 2.11. The molecule has 0 aliphatic carbocycles. The van der Waals surface area contributed by atoms with Crippen molar-refractivity contribution in [2.75, 3.05) is 23.7 Å². The number of hydrogen-bond acceptors (Lipinski definition) is 3. The zero-order valence-electron chi connectivity index (χ0n) is 13.0. The molecule has 0 amide bonds. The van der Waals surface area contributed by atoms with Crippen LogP contribution in [0.25, 0.3) is 0 Å². The molecule has 0 aliphatic heterocycles. The highest BCUT2D eigenvalue weighted by molar-refractivity contribution is 7.92. The molecule has 0 fully saturated rings. The molecule has 1 N–H and O–H groups in total. The van der Waals surface area contributed by atoms with Gasteiger partial charge in [-0.2, -0.15) is 0 Å². The number of rotatable bonds is 4. The Bertz CT molecular complexity index is 802. The molecule has 0 unspecified atom stereocenters. The topological polar surface area (TPSA) is 49.4 Å². The molecule has 2 rings (SSSR count). The van der Waals surface area contributed by atoms with Crippen LogP contribution in [-0.4, -0.2) is 22.5 Å². The van der Waals surface area contributed by atoms with Gasteiger partial charge in [-0.05, 0) is 49.2 Å². The van der Waals surface area contributed by atoms with Crippen molar-refractivity contribution in [3.8, 4) is 0 Å². The summed E-state index contributed by atoms with van der Waals surface area (Å²) in [6.07, 6.45) is 0. The van der Waals surface area contributed by atoms with Gasteiger partial charge in [0.1, 0.15) is 0 Å². The van der Waals surface area contributed by atoms with Crippen molar-refractivity contribution in [3.63, 3.8) is 0 Å². The molecule has 0 aliphatic rings. The number of sulfonamides is 1. The summed E-state index contributed by atoms with van der Waals surface area (Å²) in [6.45, 7) is 3.64. The molecule has 0 spiro atoms. The van der Waals surface area contributed by atoms with Crippen LogP contribution in [0.4, 0.5) is 11.4 Å². The van der Waals surface area contributed by atoms with Gasteiger partial charge in [0, 0.05) is 19.1 Å². The standard InChI is InChI=1S/C16H19ClN2O2S/c1-11-5-6-12(2)16(9-11)22(20,21)18-14-10-13(17)7-8-15(14)19(3)4/h5-10,18H,1-4H3. The lowest BCUT2D eigenvalue weighted by atomic mass is 10.2. The molecule has 22 heavy (non-hydrogen) atoms. The van der Waals surface area contributed by atoms with Gasteiger partial charge in [0.05, 0.1) is 16.3 Å². The second-order valence-electron chi connectivity index (χ2n) is 5.43. The summed E-state index contributed by atoms with van der Waals surface area (Å²) in [6, 6.07) is 10.5. The predicted octanol–water partition coefficient (Wildman–Crippen LogP) is 3.82. The number of nitrogens with one attached hydrogen (secondary N) is 1. The van der Waals surface area contributed by atoms with Gasteiger partial charge in [0.2, 0.25) is 0 Å². The average Bonchev–Trinajstić information content (AvgIpc) is 2.40. The van der Waals surface area contributed by atoms with Crippen molar-refractivity contribution in [2.45, 2.75) is 18.7 Å². The van der Waals surface area contributed by atoms with Gasteiger partial charge in [0.15, 0.2) is 0 Å². The van der Waals surface area contributed by atoms with E-state index in [-0.39, 0.29) is 4.90 Å². The largest absolute Gasteiger partial charge is 0.376 e. The maximum atomic E-state index is 12.7. The fourth-order valence-corrected chi connectivity index (χ4v) is 3.74. The zero-order chi connectivity index (χ0) is 16.5. The van der Waals surface area contributed by atoms with Crippen LogP contribution in [0, 0.1) is 13.8 Å². The van der Waals surface area contributed by atoms with Crippen molar-refractivity contribution < 1.29 is 8.42 Å². The molecule has 0 aromatic heterocycles. The lowest BCUT2D eigenvalue weighted by Crippen LogP contribution is -2.18. The van der Waals surface area contributed by atoms with E-state index < -0.39 is 10.0 Å². The van der Waals surface area contributed by atoms with Crippen LogP contribution in [0.2, 0.25) is 5.02 Å². The Morgan fingerprint density at radius 3 is 2.36 bits per heavy atom. The van der Waals surface area contributed by atoms with Crippen LogP contribution in [0.5, 0.6) is 0 Å². The van der Waals surface area contributed by atoms with Crippen LogP contribution in [0.15, 0.2) is 41.3 Å². The van der Waals surface area contributed by atoms with E-state index in [0.29, 0.717) is 16.3 Å². The van der Waals surface area contributed by atoms with Crippen LogP contribution in [0.3, 0.4) is 0 Å². The molecule has 2 aromatic carbocycles. The van der Waals surface area contributed by atoms with Gasteiger partial charge in [-0.3, -0.25) is 4.72 Å². The molecule has 0 bridgehead atoms. The molecule has 6 heteroatoms. The Morgan fingerprint density at radius 1 is 1.05 bits per heavy atom. The normalized spacial score (nSPS) is 11.3. The third-order valence-corrected chi connectivity index (χ3v) is 5.06. The Kier molecular flexibility index (Phi) is 4.68. The molecule has 118 valence electrons. The first-order chi connectivity index (χ1) is 10.2. The van der Waals surface area contributed by atoms with Crippen molar-refractivity contribution in [1.82, 2.24) is 0 Å². The van der Waals surface area contributed by atoms with Gasteiger partial charge >= 0.3 is 0 Å². The van der Waals surface area contributed by atoms with Crippen LogP contribution < -0.4 is 9.62 Å². The first-order valence-corrected chi connectivity index (χ1v) is 8.64. The monoisotopic (exact) mass is 338 g/mol. The van der Waals surface area contributed by atoms with Crippen LogP contribution >= 0.6 is 11.6 Å². The fraction of sp³-hybridized carbons (Fsp3) is 0.250. The van der Waals surface area contributed by atoms with Crippen molar-refractivity contribution in [1.29, 1.82) is 0 Å². The maximum Gasteiger partial charge on any atom is 0.262 e. The van der Waals surface area contributed by atoms with E-state index in [0.717, 1.165) is 11.3 Å². The first-order valence-electron chi connectivity index (χ1n) is 6.77. The highest BCUT2D eigenvalue weighted by Crippen LogP contribution is 2.30. The van der Waals surface area contributed by atoms with E-state index in [1.807, 2.05) is 32.0 Å². The summed E-state index contributed by atoms with van der Waals surface area (Å²) in [5.74, 6) is 0. The van der Waals surface area contributed by atoms with E-state index in [4.69, 9.17) is 11.6 Å². The smallest absolute Gasteiger partial charge is 0.262 e. The van der Waals surface area contributed by atoms with E-state index in [1.54, 1.807) is 37.3 Å². The Balaban J connectivity index is 2.49. The molecule has 0 saturated heterocycles. The first kappa shape index (κ1) is 16.6. The minimum atomic E-state index is -3.67. The summed E-state index contributed by atoms with van der Waals surface area (Å²) < 4.78 is 28.0. The molecule has 0 saturated carbocycles. The number of halogens is 1. The molecule has 0 radical (unpaired) electrons. The van der Waals surface area contributed by atoms with Crippen LogP contribution in [0.1, 0.15) is 11.1 Å².